The summed E-state index contributed by atoms with van der Waals surface area (Å²) in [5.74, 6) is 0. The molecule has 0 heterocycles. The summed E-state index contributed by atoms with van der Waals surface area (Å²) in [6.07, 6.45) is 4.61. The van der Waals surface area contributed by atoms with Gasteiger partial charge in [-0.05, 0) is 11.6 Å². The second-order valence-electron chi connectivity index (χ2n) is 2.97. The van der Waals surface area contributed by atoms with Gasteiger partial charge >= 0.3 is 0 Å². The molecule has 16 heavy (non-hydrogen) atoms. The molecule has 0 atom stereocenters. The summed E-state index contributed by atoms with van der Waals surface area (Å²) in [6.45, 7) is 0. The molecule has 1 N–H and O–H groups in total. The maximum Gasteiger partial charge on any atom is 0.287 e. The van der Waals surface area contributed by atoms with Crippen LogP contribution in [0.15, 0.2) is 35.7 Å². The Hall–Kier alpha value is -0.980. The molecular weight excluding hydrogens is 248 g/mol. The van der Waals surface area contributed by atoms with E-state index in [1.807, 2.05) is 6.07 Å². The van der Waals surface area contributed by atoms with Crippen molar-refractivity contribution in [3.63, 3.8) is 0 Å². The molecule has 0 amide bonds. The molecule has 0 unspecified atom stereocenters. The third-order valence-corrected chi connectivity index (χ3v) is 1.71. The van der Waals surface area contributed by atoms with E-state index in [2.05, 4.69) is 0 Å². The fourth-order valence-electron chi connectivity index (χ4n) is 0.729. The van der Waals surface area contributed by atoms with E-state index in [1.54, 1.807) is 36.8 Å². The van der Waals surface area contributed by atoms with E-state index < -0.39 is 20.9 Å². The molecule has 0 spiro atoms. The van der Waals surface area contributed by atoms with Crippen LogP contribution < -0.4 is 0 Å². The third-order valence-electron chi connectivity index (χ3n) is 1.23. The molecule has 0 aliphatic heterocycles. The van der Waals surface area contributed by atoms with E-state index in [9.17, 15) is 12.6 Å². The van der Waals surface area contributed by atoms with Crippen molar-refractivity contribution in [3.05, 3.63) is 41.3 Å². The highest BCUT2D eigenvalue weighted by Gasteiger charge is 1.94. The van der Waals surface area contributed by atoms with Gasteiger partial charge in [-0.2, -0.15) is 8.42 Å². The summed E-state index contributed by atoms with van der Waals surface area (Å²) in [6, 6.07) is 8.86. The molecule has 0 fully saturated rings. The van der Waals surface area contributed by atoms with E-state index in [1.165, 1.54) is 6.08 Å². The van der Waals surface area contributed by atoms with Crippen LogP contribution in [0.1, 0.15) is 5.56 Å². The van der Waals surface area contributed by atoms with Gasteiger partial charge in [0.15, 0.2) is 0 Å². The number of hydrogen-bond donors (Lipinski definition) is 1. The molecule has 4 nitrogen and oxygen atoms in total. The maximum atomic E-state index is 10.3. The van der Waals surface area contributed by atoms with Crippen molar-refractivity contribution < 1.29 is 17.2 Å². The first-order valence-corrected chi connectivity index (χ1v) is 7.74. The lowest BCUT2D eigenvalue weighted by Gasteiger charge is -1.89. The Morgan fingerprint density at radius 2 is 1.62 bits per heavy atom. The Labute approximate surface area is 98.2 Å². The topological polar surface area (TPSA) is 71.4 Å². The molecule has 1 rings (SSSR count). The summed E-state index contributed by atoms with van der Waals surface area (Å²) in [5.41, 5.74) is 0.732. The Bertz CT molecular complexity index is 445. The molecule has 1 aromatic rings. The molecule has 1 aromatic carbocycles. The highest BCUT2D eigenvalue weighted by molar-refractivity contribution is 7.88. The van der Waals surface area contributed by atoms with Gasteiger partial charge in [-0.15, -0.1) is 0 Å². The Morgan fingerprint density at radius 1 is 1.19 bits per heavy atom. The lowest BCUT2D eigenvalue weighted by atomic mass is 10.2. The quantitative estimate of drug-likeness (QED) is 0.821. The molecule has 0 radical (unpaired) electrons. The van der Waals surface area contributed by atoms with Gasteiger partial charge in [0, 0.05) is 23.3 Å². The minimum atomic E-state index is -4.00. The molecule has 0 aromatic heterocycles. The van der Waals surface area contributed by atoms with Gasteiger partial charge in [-0.3, -0.25) is 8.76 Å². The van der Waals surface area contributed by atoms with Gasteiger partial charge in [0.1, 0.15) is 0 Å². The smallest absolute Gasteiger partial charge is 0.282 e. The van der Waals surface area contributed by atoms with Crippen LogP contribution in [0.3, 0.4) is 0 Å². The first-order valence-electron chi connectivity index (χ1n) is 4.27. The highest BCUT2D eigenvalue weighted by atomic mass is 32.2. The lowest BCUT2D eigenvalue weighted by molar-refractivity contribution is 0.494. The van der Waals surface area contributed by atoms with Crippen LogP contribution in [0.5, 0.6) is 0 Å². The molecular formula is C10H14O4S2. The van der Waals surface area contributed by atoms with Crippen molar-refractivity contribution in [2.45, 2.75) is 0 Å². The summed E-state index contributed by atoms with van der Waals surface area (Å²) < 4.78 is 38.5. The fraction of sp³-hybridized carbons (Fsp3) is 0.200. The standard InChI is InChI=1S/C8H8O3S.C2H6OS/c9-12(10,11)7-6-8-4-2-1-3-5-8;1-4(2)3/h1-7H,(H,9,10,11);1-2H3. The SMILES string of the molecule is CS(C)=O.O=S(=O)(O)C=Cc1ccccc1. The minimum absolute atomic E-state index is 0.611. The van der Waals surface area contributed by atoms with Gasteiger partial charge in [0.05, 0.1) is 5.41 Å². The zero-order valence-electron chi connectivity index (χ0n) is 9.03. The van der Waals surface area contributed by atoms with Crippen molar-refractivity contribution in [2.75, 3.05) is 12.5 Å². The van der Waals surface area contributed by atoms with E-state index in [4.69, 9.17) is 4.55 Å². The highest BCUT2D eigenvalue weighted by Crippen LogP contribution is 2.01. The predicted molar refractivity (Wildman–Crippen MR) is 67.0 cm³/mol. The fourth-order valence-corrected chi connectivity index (χ4v) is 1.06. The summed E-state index contributed by atoms with van der Waals surface area (Å²) in [5, 5.41) is 0.752. The molecule has 0 saturated carbocycles. The van der Waals surface area contributed by atoms with Crippen LogP contribution in [0.4, 0.5) is 0 Å². The second-order valence-corrected chi connectivity index (χ2v) is 5.76. The molecule has 0 saturated heterocycles. The number of hydrogen-bond acceptors (Lipinski definition) is 3. The van der Waals surface area contributed by atoms with Gasteiger partial charge in [0.2, 0.25) is 0 Å². The van der Waals surface area contributed by atoms with E-state index >= 15 is 0 Å². The van der Waals surface area contributed by atoms with Crippen molar-refractivity contribution >= 4 is 27.0 Å². The van der Waals surface area contributed by atoms with Gasteiger partial charge in [0.25, 0.3) is 10.1 Å². The number of rotatable bonds is 2. The average Bonchev–Trinajstić information content (AvgIpc) is 2.14. The summed E-state index contributed by atoms with van der Waals surface area (Å²) >= 11 is 0. The van der Waals surface area contributed by atoms with Crippen LogP contribution in [-0.4, -0.2) is 29.7 Å². The van der Waals surface area contributed by atoms with Crippen molar-refractivity contribution in [1.82, 2.24) is 0 Å². The maximum absolute atomic E-state index is 10.3. The largest absolute Gasteiger partial charge is 0.287 e. The molecule has 0 bridgehead atoms. The van der Waals surface area contributed by atoms with Crippen LogP contribution >= 0.6 is 0 Å². The van der Waals surface area contributed by atoms with E-state index in [-0.39, 0.29) is 0 Å². The normalized spacial score (nSPS) is 11.2. The Morgan fingerprint density at radius 3 is 2.00 bits per heavy atom. The summed E-state index contributed by atoms with van der Waals surface area (Å²) in [4.78, 5) is 0. The average molecular weight is 262 g/mol. The molecule has 0 aliphatic rings. The summed E-state index contributed by atoms with van der Waals surface area (Å²) in [7, 11) is -4.61. The van der Waals surface area contributed by atoms with Crippen LogP contribution in [0.25, 0.3) is 6.08 Å². The van der Waals surface area contributed by atoms with Crippen molar-refractivity contribution in [3.8, 4) is 0 Å². The number of benzene rings is 1. The van der Waals surface area contributed by atoms with Gasteiger partial charge in [-0.25, -0.2) is 0 Å². The van der Waals surface area contributed by atoms with E-state index in [0.29, 0.717) is 0 Å². The van der Waals surface area contributed by atoms with Crippen LogP contribution in [0, 0.1) is 0 Å². The zero-order chi connectivity index (χ0) is 12.6. The van der Waals surface area contributed by atoms with Gasteiger partial charge in [-0.1, -0.05) is 30.3 Å². The molecule has 90 valence electrons. The van der Waals surface area contributed by atoms with Crippen molar-refractivity contribution in [2.24, 2.45) is 0 Å². The van der Waals surface area contributed by atoms with E-state index in [0.717, 1.165) is 11.0 Å². The van der Waals surface area contributed by atoms with Crippen molar-refractivity contribution in [1.29, 1.82) is 0 Å². The second kappa shape index (κ2) is 7.32. The zero-order valence-corrected chi connectivity index (χ0v) is 10.7. The molecule has 0 aliphatic carbocycles. The van der Waals surface area contributed by atoms with Crippen LogP contribution in [0.2, 0.25) is 0 Å². The predicted octanol–water partition coefficient (Wildman–Crippen LogP) is 1.54. The first-order chi connectivity index (χ1) is 7.31. The van der Waals surface area contributed by atoms with Crippen LogP contribution in [-0.2, 0) is 20.9 Å². The first kappa shape index (κ1) is 15.0. The minimum Gasteiger partial charge on any atom is -0.282 e. The third kappa shape index (κ3) is 11.1. The Balaban J connectivity index is 0.000000487. The van der Waals surface area contributed by atoms with Gasteiger partial charge < -0.3 is 0 Å². The monoisotopic (exact) mass is 262 g/mol. The Kier molecular flexibility index (Phi) is 6.87. The lowest BCUT2D eigenvalue weighted by Crippen LogP contribution is -1.88. The molecule has 6 heteroatoms.